The summed E-state index contributed by atoms with van der Waals surface area (Å²) in [5, 5.41) is 0.940. The molecular formula is C17H20N2O2S. The maximum absolute atomic E-state index is 12.7. The predicted octanol–water partition coefficient (Wildman–Crippen LogP) is 3.22. The Morgan fingerprint density at radius 1 is 1.41 bits per heavy atom. The molecule has 0 unspecified atom stereocenters. The molecule has 0 radical (unpaired) electrons. The molecule has 5 rings (SSSR count). The molecule has 1 aromatic heterocycles. The summed E-state index contributed by atoms with van der Waals surface area (Å²) in [5.41, 5.74) is 0.635. The average Bonchev–Trinajstić information content (AvgIpc) is 3.00. The SMILES string of the molecule is COc1cccc2c(C(=O)C[C@@H]3CN4CCC3CC4)nsc12. The molecule has 0 amide bonds. The van der Waals surface area contributed by atoms with Crippen LogP contribution >= 0.6 is 11.5 Å². The minimum absolute atomic E-state index is 0.193. The Kier molecular flexibility index (Phi) is 3.62. The molecule has 0 N–H and O–H groups in total. The molecule has 2 bridgehead atoms. The first-order chi connectivity index (χ1) is 10.8. The van der Waals surface area contributed by atoms with Crippen molar-refractivity contribution >= 4 is 27.4 Å². The molecule has 3 saturated heterocycles. The third-order valence-corrected chi connectivity index (χ3v) is 6.06. The van der Waals surface area contributed by atoms with E-state index in [-0.39, 0.29) is 5.78 Å². The summed E-state index contributed by atoms with van der Waals surface area (Å²) >= 11 is 1.36. The first-order valence-electron chi connectivity index (χ1n) is 7.94. The Balaban J connectivity index is 1.58. The van der Waals surface area contributed by atoms with Crippen LogP contribution in [-0.4, -0.2) is 41.8 Å². The zero-order valence-electron chi connectivity index (χ0n) is 12.7. The van der Waals surface area contributed by atoms with Crippen LogP contribution in [0.2, 0.25) is 0 Å². The van der Waals surface area contributed by atoms with Gasteiger partial charge in [-0.3, -0.25) is 4.79 Å². The van der Waals surface area contributed by atoms with Crippen LogP contribution in [0.5, 0.6) is 5.75 Å². The van der Waals surface area contributed by atoms with Crippen LogP contribution < -0.4 is 4.74 Å². The topological polar surface area (TPSA) is 42.4 Å². The van der Waals surface area contributed by atoms with Gasteiger partial charge in [-0.05, 0) is 55.4 Å². The monoisotopic (exact) mass is 316 g/mol. The van der Waals surface area contributed by atoms with E-state index < -0.39 is 0 Å². The molecule has 0 aliphatic carbocycles. The molecule has 3 aliphatic rings. The highest BCUT2D eigenvalue weighted by molar-refractivity contribution is 7.14. The van der Waals surface area contributed by atoms with E-state index in [0.29, 0.717) is 18.0 Å². The number of carbonyl (C=O) groups is 1. The van der Waals surface area contributed by atoms with E-state index in [9.17, 15) is 4.79 Å². The maximum atomic E-state index is 12.7. The predicted molar refractivity (Wildman–Crippen MR) is 87.8 cm³/mol. The number of carbonyl (C=O) groups excluding carboxylic acids is 1. The van der Waals surface area contributed by atoms with Crippen molar-refractivity contribution < 1.29 is 9.53 Å². The summed E-state index contributed by atoms with van der Waals surface area (Å²) in [6, 6.07) is 5.83. The van der Waals surface area contributed by atoms with Crippen molar-refractivity contribution in [2.75, 3.05) is 26.7 Å². The third-order valence-electron chi connectivity index (χ3n) is 5.19. The minimum atomic E-state index is 0.193. The Labute approximate surface area is 134 Å². The molecule has 1 atom stereocenters. The lowest BCUT2D eigenvalue weighted by Gasteiger charge is -2.44. The van der Waals surface area contributed by atoms with E-state index in [0.717, 1.165) is 28.3 Å². The minimum Gasteiger partial charge on any atom is -0.495 e. The van der Waals surface area contributed by atoms with Gasteiger partial charge in [-0.2, -0.15) is 4.37 Å². The first-order valence-corrected chi connectivity index (χ1v) is 8.71. The number of hydrogen-bond acceptors (Lipinski definition) is 5. The molecule has 2 aromatic rings. The largest absolute Gasteiger partial charge is 0.495 e. The summed E-state index contributed by atoms with van der Waals surface area (Å²) < 4.78 is 10.8. The molecule has 3 fully saturated rings. The molecule has 3 aliphatic heterocycles. The molecule has 0 saturated carbocycles. The molecule has 1 aromatic carbocycles. The van der Waals surface area contributed by atoms with E-state index in [1.165, 1.54) is 37.5 Å². The molecular weight excluding hydrogens is 296 g/mol. The molecule has 22 heavy (non-hydrogen) atoms. The number of ether oxygens (including phenoxy) is 1. The Morgan fingerprint density at radius 2 is 2.23 bits per heavy atom. The fourth-order valence-corrected chi connectivity index (χ4v) is 4.84. The van der Waals surface area contributed by atoms with Crippen LogP contribution in [0, 0.1) is 11.8 Å². The van der Waals surface area contributed by atoms with Gasteiger partial charge in [0.1, 0.15) is 11.4 Å². The fraction of sp³-hybridized carbons (Fsp3) is 0.529. The van der Waals surface area contributed by atoms with Crippen molar-refractivity contribution in [2.45, 2.75) is 19.3 Å². The number of ketones is 1. The normalized spacial score (nSPS) is 27.2. The number of Topliss-reactive ketones (excluding diaryl/α,β-unsaturated/α-hetero) is 1. The van der Waals surface area contributed by atoms with Crippen LogP contribution in [0.25, 0.3) is 10.1 Å². The van der Waals surface area contributed by atoms with Crippen molar-refractivity contribution in [1.82, 2.24) is 9.27 Å². The van der Waals surface area contributed by atoms with Gasteiger partial charge < -0.3 is 9.64 Å². The number of hydrogen-bond donors (Lipinski definition) is 0. The van der Waals surface area contributed by atoms with E-state index in [2.05, 4.69) is 9.27 Å². The second-order valence-corrected chi connectivity index (χ2v) is 7.17. The van der Waals surface area contributed by atoms with Crippen molar-refractivity contribution in [3.05, 3.63) is 23.9 Å². The molecule has 4 heterocycles. The van der Waals surface area contributed by atoms with Crippen LogP contribution in [-0.2, 0) is 0 Å². The van der Waals surface area contributed by atoms with Gasteiger partial charge in [0.2, 0.25) is 0 Å². The summed E-state index contributed by atoms with van der Waals surface area (Å²) in [6.07, 6.45) is 3.14. The lowest BCUT2D eigenvalue weighted by Crippen LogP contribution is -2.47. The highest BCUT2D eigenvalue weighted by Crippen LogP contribution is 2.36. The quantitative estimate of drug-likeness (QED) is 0.812. The summed E-state index contributed by atoms with van der Waals surface area (Å²) in [6.45, 7) is 3.51. The number of nitrogens with zero attached hydrogens (tertiary/aromatic N) is 2. The Hall–Kier alpha value is -1.46. The van der Waals surface area contributed by atoms with E-state index in [1.807, 2.05) is 18.2 Å². The number of methoxy groups -OCH3 is 1. The smallest absolute Gasteiger partial charge is 0.183 e. The van der Waals surface area contributed by atoms with Crippen molar-refractivity contribution in [3.8, 4) is 5.75 Å². The average molecular weight is 316 g/mol. The van der Waals surface area contributed by atoms with Gasteiger partial charge >= 0.3 is 0 Å². The van der Waals surface area contributed by atoms with Crippen LogP contribution in [0.1, 0.15) is 29.8 Å². The van der Waals surface area contributed by atoms with Gasteiger partial charge in [-0.25, -0.2) is 0 Å². The molecule has 0 spiro atoms. The number of aromatic nitrogens is 1. The third kappa shape index (κ3) is 2.32. The number of rotatable bonds is 4. The first kappa shape index (κ1) is 14.2. The zero-order valence-corrected chi connectivity index (χ0v) is 13.6. The second kappa shape index (κ2) is 5.63. The second-order valence-electron chi connectivity index (χ2n) is 6.39. The van der Waals surface area contributed by atoms with Crippen molar-refractivity contribution in [1.29, 1.82) is 0 Å². The maximum Gasteiger partial charge on any atom is 0.183 e. The molecule has 116 valence electrons. The van der Waals surface area contributed by atoms with Crippen LogP contribution in [0.15, 0.2) is 18.2 Å². The summed E-state index contributed by atoms with van der Waals surface area (Å²) in [5.74, 6) is 2.24. The summed E-state index contributed by atoms with van der Waals surface area (Å²) in [7, 11) is 1.66. The highest BCUT2D eigenvalue weighted by Gasteiger charge is 2.35. The molecule has 5 heteroatoms. The highest BCUT2D eigenvalue weighted by atomic mass is 32.1. The van der Waals surface area contributed by atoms with Gasteiger partial charge in [0, 0.05) is 18.4 Å². The van der Waals surface area contributed by atoms with Gasteiger partial charge in [0.15, 0.2) is 5.78 Å². The van der Waals surface area contributed by atoms with E-state index in [1.54, 1.807) is 7.11 Å². The van der Waals surface area contributed by atoms with Crippen LogP contribution in [0.4, 0.5) is 0 Å². The Bertz CT molecular complexity index is 704. The number of fused-ring (bicyclic) bond motifs is 4. The Morgan fingerprint density at radius 3 is 2.91 bits per heavy atom. The molecule has 4 nitrogen and oxygen atoms in total. The zero-order chi connectivity index (χ0) is 15.1. The van der Waals surface area contributed by atoms with Gasteiger partial charge in [-0.1, -0.05) is 12.1 Å². The van der Waals surface area contributed by atoms with E-state index in [4.69, 9.17) is 4.74 Å². The van der Waals surface area contributed by atoms with Crippen LogP contribution in [0.3, 0.4) is 0 Å². The lowest BCUT2D eigenvalue weighted by atomic mass is 9.76. The summed E-state index contributed by atoms with van der Waals surface area (Å²) in [4.78, 5) is 15.2. The lowest BCUT2D eigenvalue weighted by molar-refractivity contribution is 0.0440. The van der Waals surface area contributed by atoms with Gasteiger partial charge in [-0.15, -0.1) is 0 Å². The van der Waals surface area contributed by atoms with Crippen molar-refractivity contribution in [3.63, 3.8) is 0 Å². The standard InChI is InChI=1S/C17H20N2O2S/c1-21-15-4-2-3-13-16(18-22-17(13)15)14(20)9-12-10-19-7-5-11(12)6-8-19/h2-4,11-12H,5-10H2,1H3/t12-/m1/s1. The number of piperidine rings is 3. The fourth-order valence-electron chi connectivity index (χ4n) is 3.95. The van der Waals surface area contributed by atoms with Crippen molar-refractivity contribution in [2.24, 2.45) is 11.8 Å². The van der Waals surface area contributed by atoms with E-state index >= 15 is 0 Å². The number of benzene rings is 1. The van der Waals surface area contributed by atoms with Gasteiger partial charge in [0.05, 0.1) is 11.8 Å². The van der Waals surface area contributed by atoms with Gasteiger partial charge in [0.25, 0.3) is 0 Å².